The molecule has 1 aromatic heterocycles. The number of carbonyl (C=O) groups is 2. The first-order valence-corrected chi connectivity index (χ1v) is 5.11. The lowest BCUT2D eigenvalue weighted by atomic mass is 10.3. The third-order valence-electron chi connectivity index (χ3n) is 1.89. The van der Waals surface area contributed by atoms with Gasteiger partial charge in [0, 0.05) is 6.20 Å². The van der Waals surface area contributed by atoms with E-state index in [9.17, 15) is 9.59 Å². The Morgan fingerprint density at radius 3 is 2.94 bits per heavy atom. The Labute approximate surface area is 98.4 Å². The first kappa shape index (κ1) is 13.0. The van der Waals surface area contributed by atoms with Gasteiger partial charge in [0.15, 0.2) is 6.04 Å². The van der Waals surface area contributed by atoms with Crippen LogP contribution in [0.3, 0.4) is 0 Å². The molecule has 1 amide bonds. The van der Waals surface area contributed by atoms with E-state index in [4.69, 9.17) is 5.73 Å². The van der Waals surface area contributed by atoms with Gasteiger partial charge >= 0.3 is 5.97 Å². The van der Waals surface area contributed by atoms with Gasteiger partial charge < -0.3 is 15.8 Å². The number of hydrogen-bond acceptors (Lipinski definition) is 6. The summed E-state index contributed by atoms with van der Waals surface area (Å²) >= 11 is 0. The summed E-state index contributed by atoms with van der Waals surface area (Å²) in [5, 5.41) is 9.89. The second kappa shape index (κ2) is 6.54. The van der Waals surface area contributed by atoms with E-state index in [1.54, 1.807) is 19.1 Å². The molecule has 17 heavy (non-hydrogen) atoms. The van der Waals surface area contributed by atoms with Gasteiger partial charge in [0.1, 0.15) is 0 Å². The van der Waals surface area contributed by atoms with Crippen LogP contribution in [0.1, 0.15) is 12.6 Å². The van der Waals surface area contributed by atoms with Crippen LogP contribution in [-0.2, 0) is 20.9 Å². The maximum atomic E-state index is 11.4. The van der Waals surface area contributed by atoms with Gasteiger partial charge in [-0.05, 0) is 19.1 Å². The summed E-state index contributed by atoms with van der Waals surface area (Å²) in [6.07, 6.45) is 1.52. The average molecular weight is 238 g/mol. The van der Waals surface area contributed by atoms with Crippen LogP contribution < -0.4 is 11.1 Å². The Hall–Kier alpha value is -2.02. The van der Waals surface area contributed by atoms with Crippen molar-refractivity contribution in [2.75, 3.05) is 6.61 Å². The molecule has 0 aliphatic heterocycles. The summed E-state index contributed by atoms with van der Waals surface area (Å²) in [4.78, 5) is 22.6. The molecule has 0 saturated heterocycles. The summed E-state index contributed by atoms with van der Waals surface area (Å²) in [5.74, 6) is -1.35. The fourth-order valence-corrected chi connectivity index (χ4v) is 1.05. The predicted molar refractivity (Wildman–Crippen MR) is 58.5 cm³/mol. The van der Waals surface area contributed by atoms with E-state index in [-0.39, 0.29) is 13.2 Å². The minimum absolute atomic E-state index is 0.166. The first-order chi connectivity index (χ1) is 8.15. The van der Waals surface area contributed by atoms with Crippen molar-refractivity contribution < 1.29 is 14.3 Å². The van der Waals surface area contributed by atoms with E-state index in [2.05, 4.69) is 20.3 Å². The number of carbonyl (C=O) groups excluding carboxylic acids is 2. The zero-order valence-electron chi connectivity index (χ0n) is 9.42. The Bertz CT molecular complexity index is 382. The van der Waals surface area contributed by atoms with Crippen molar-refractivity contribution in [2.24, 2.45) is 5.73 Å². The molecule has 0 saturated carbocycles. The van der Waals surface area contributed by atoms with Crippen molar-refractivity contribution in [3.05, 3.63) is 24.0 Å². The first-order valence-electron chi connectivity index (χ1n) is 5.11. The van der Waals surface area contributed by atoms with Gasteiger partial charge in [-0.2, -0.15) is 10.2 Å². The number of amides is 1. The number of rotatable bonds is 5. The third-order valence-corrected chi connectivity index (χ3v) is 1.89. The lowest BCUT2D eigenvalue weighted by Gasteiger charge is -2.10. The Kier molecular flexibility index (Phi) is 5.02. The van der Waals surface area contributed by atoms with E-state index < -0.39 is 17.9 Å². The Morgan fingerprint density at radius 2 is 2.35 bits per heavy atom. The summed E-state index contributed by atoms with van der Waals surface area (Å²) < 4.78 is 4.62. The molecule has 1 heterocycles. The van der Waals surface area contributed by atoms with E-state index in [0.29, 0.717) is 5.69 Å². The van der Waals surface area contributed by atoms with Crippen LogP contribution >= 0.6 is 0 Å². The van der Waals surface area contributed by atoms with Crippen molar-refractivity contribution in [3.8, 4) is 0 Å². The van der Waals surface area contributed by atoms with E-state index in [0.717, 1.165) is 0 Å². The molecule has 7 heteroatoms. The maximum absolute atomic E-state index is 11.4. The molecule has 7 nitrogen and oxygen atoms in total. The topological polar surface area (TPSA) is 107 Å². The summed E-state index contributed by atoms with van der Waals surface area (Å²) in [7, 11) is 0. The third kappa shape index (κ3) is 4.15. The van der Waals surface area contributed by atoms with Gasteiger partial charge in [0.25, 0.3) is 0 Å². The average Bonchev–Trinajstić information content (AvgIpc) is 2.36. The van der Waals surface area contributed by atoms with Crippen LogP contribution in [0, 0.1) is 0 Å². The van der Waals surface area contributed by atoms with Crippen LogP contribution in [0.2, 0.25) is 0 Å². The van der Waals surface area contributed by atoms with Gasteiger partial charge in [0.2, 0.25) is 5.91 Å². The molecule has 1 rings (SSSR count). The summed E-state index contributed by atoms with van der Waals surface area (Å²) in [6, 6.07) is 2.08. The van der Waals surface area contributed by atoms with Crippen molar-refractivity contribution >= 4 is 11.9 Å². The van der Waals surface area contributed by atoms with Crippen molar-refractivity contribution in [3.63, 3.8) is 0 Å². The van der Waals surface area contributed by atoms with Gasteiger partial charge in [-0.3, -0.25) is 4.79 Å². The zero-order valence-corrected chi connectivity index (χ0v) is 9.42. The molecule has 3 N–H and O–H groups in total. The van der Waals surface area contributed by atoms with Crippen LogP contribution in [0.4, 0.5) is 0 Å². The predicted octanol–water partition coefficient (Wildman–Crippen LogP) is -1.02. The Morgan fingerprint density at radius 1 is 1.59 bits per heavy atom. The summed E-state index contributed by atoms with van der Waals surface area (Å²) in [6.45, 7) is 1.99. The number of nitrogens with zero attached hydrogens (tertiary/aromatic N) is 2. The molecular weight excluding hydrogens is 224 g/mol. The summed E-state index contributed by atoms with van der Waals surface area (Å²) in [5.41, 5.74) is 5.97. The highest BCUT2D eigenvalue weighted by molar-refractivity contribution is 6.01. The molecule has 0 bridgehead atoms. The van der Waals surface area contributed by atoms with Gasteiger partial charge in [-0.15, -0.1) is 0 Å². The van der Waals surface area contributed by atoms with Gasteiger partial charge in [-0.25, -0.2) is 4.79 Å². The highest BCUT2D eigenvalue weighted by Crippen LogP contribution is 1.91. The smallest absolute Gasteiger partial charge is 0.332 e. The second-order valence-corrected chi connectivity index (χ2v) is 3.16. The lowest BCUT2D eigenvalue weighted by molar-refractivity contribution is -0.148. The number of hydrogen-bond donors (Lipinski definition) is 2. The molecule has 92 valence electrons. The number of aromatic nitrogens is 2. The molecule has 1 aromatic rings. The molecule has 0 fully saturated rings. The van der Waals surface area contributed by atoms with Crippen molar-refractivity contribution in [2.45, 2.75) is 19.5 Å². The van der Waals surface area contributed by atoms with E-state index >= 15 is 0 Å². The minimum atomic E-state index is -1.31. The highest BCUT2D eigenvalue weighted by Gasteiger charge is 2.22. The molecule has 1 atom stereocenters. The number of nitrogens with two attached hydrogens (primary N) is 1. The zero-order chi connectivity index (χ0) is 12.7. The maximum Gasteiger partial charge on any atom is 0.332 e. The lowest BCUT2D eigenvalue weighted by Crippen LogP contribution is -2.46. The van der Waals surface area contributed by atoms with Crippen LogP contribution in [0.5, 0.6) is 0 Å². The van der Waals surface area contributed by atoms with Gasteiger partial charge in [-0.1, -0.05) is 0 Å². The molecule has 0 aromatic carbocycles. The molecule has 1 unspecified atom stereocenters. The van der Waals surface area contributed by atoms with E-state index in [1.165, 1.54) is 6.20 Å². The SMILES string of the molecule is CCOC(=O)C(N)C(=O)NCc1cccnn1. The highest BCUT2D eigenvalue weighted by atomic mass is 16.5. The molecule has 0 aliphatic carbocycles. The molecule has 0 radical (unpaired) electrons. The van der Waals surface area contributed by atoms with Crippen molar-refractivity contribution in [1.82, 2.24) is 15.5 Å². The monoisotopic (exact) mass is 238 g/mol. The number of nitrogens with one attached hydrogen (secondary N) is 1. The fraction of sp³-hybridized carbons (Fsp3) is 0.400. The standard InChI is InChI=1S/C10H14N4O3/c1-2-17-10(16)8(11)9(15)12-6-7-4-3-5-13-14-7/h3-5,8H,2,6,11H2,1H3,(H,12,15). The number of esters is 1. The van der Waals surface area contributed by atoms with Crippen LogP contribution in [0.25, 0.3) is 0 Å². The van der Waals surface area contributed by atoms with Crippen LogP contribution in [-0.4, -0.2) is 34.7 Å². The minimum Gasteiger partial charge on any atom is -0.464 e. The molecule has 0 aliphatic rings. The molecular formula is C10H14N4O3. The van der Waals surface area contributed by atoms with Crippen molar-refractivity contribution in [1.29, 1.82) is 0 Å². The Balaban J connectivity index is 2.42. The fourth-order valence-electron chi connectivity index (χ4n) is 1.05. The van der Waals surface area contributed by atoms with Crippen LogP contribution in [0.15, 0.2) is 18.3 Å². The second-order valence-electron chi connectivity index (χ2n) is 3.16. The van der Waals surface area contributed by atoms with E-state index in [1.807, 2.05) is 0 Å². The quantitative estimate of drug-likeness (QED) is 0.502. The molecule has 0 spiro atoms. The van der Waals surface area contributed by atoms with Gasteiger partial charge in [0.05, 0.1) is 18.8 Å². The number of ether oxygens (including phenoxy) is 1. The largest absolute Gasteiger partial charge is 0.464 e. The normalized spacial score (nSPS) is 11.6.